The summed E-state index contributed by atoms with van der Waals surface area (Å²) in [5.74, 6) is -0.000348. The topological polar surface area (TPSA) is 64.6 Å². The first-order valence-corrected chi connectivity index (χ1v) is 7.81. The summed E-state index contributed by atoms with van der Waals surface area (Å²) in [6, 6.07) is 14.2. The van der Waals surface area contributed by atoms with Crippen molar-refractivity contribution < 1.29 is 19.1 Å². The Balaban J connectivity index is 2.02. The Labute approximate surface area is 141 Å². The van der Waals surface area contributed by atoms with Crippen LogP contribution >= 0.6 is 0 Å². The first kappa shape index (κ1) is 17.5. The summed E-state index contributed by atoms with van der Waals surface area (Å²) in [7, 11) is 0. The number of carbonyl (C=O) groups is 2. The van der Waals surface area contributed by atoms with Crippen LogP contribution in [0, 0.1) is 6.92 Å². The van der Waals surface area contributed by atoms with E-state index >= 15 is 0 Å². The largest absolute Gasteiger partial charge is 0.481 e. The molecule has 0 unspecified atom stereocenters. The average Bonchev–Trinajstić information content (AvgIpc) is 2.57. The molecule has 0 spiro atoms. The van der Waals surface area contributed by atoms with Crippen LogP contribution in [0.2, 0.25) is 0 Å². The van der Waals surface area contributed by atoms with E-state index in [2.05, 4.69) is 5.32 Å². The van der Waals surface area contributed by atoms with Gasteiger partial charge in [0.25, 0.3) is 5.91 Å². The van der Waals surface area contributed by atoms with Gasteiger partial charge in [-0.15, -0.1) is 0 Å². The minimum absolute atomic E-state index is 0.258. The van der Waals surface area contributed by atoms with Crippen LogP contribution in [0.3, 0.4) is 0 Å². The number of ether oxygens (including phenoxy) is 2. The maximum absolute atomic E-state index is 12.3. The standard InChI is InChI=1S/C19H21NO4/c1-4-23-19(22)15-10-11-17(13(2)12-15)20-18(21)14(3)24-16-8-6-5-7-9-16/h5-12,14H,4H2,1-3H3,(H,20,21)/t14-/m0/s1. The van der Waals surface area contributed by atoms with E-state index in [1.165, 1.54) is 0 Å². The molecule has 2 aromatic carbocycles. The lowest BCUT2D eigenvalue weighted by atomic mass is 10.1. The Bertz CT molecular complexity index is 713. The summed E-state index contributed by atoms with van der Waals surface area (Å²) < 4.78 is 10.6. The summed E-state index contributed by atoms with van der Waals surface area (Å²) in [5.41, 5.74) is 1.87. The van der Waals surface area contributed by atoms with E-state index in [0.717, 1.165) is 5.56 Å². The maximum Gasteiger partial charge on any atom is 0.338 e. The third kappa shape index (κ3) is 4.59. The van der Waals surface area contributed by atoms with Crippen LogP contribution in [0.15, 0.2) is 48.5 Å². The smallest absolute Gasteiger partial charge is 0.338 e. The van der Waals surface area contributed by atoms with Crippen LogP contribution < -0.4 is 10.1 Å². The fourth-order valence-electron chi connectivity index (χ4n) is 2.14. The van der Waals surface area contributed by atoms with E-state index in [1.807, 2.05) is 25.1 Å². The monoisotopic (exact) mass is 327 g/mol. The highest BCUT2D eigenvalue weighted by atomic mass is 16.5. The lowest BCUT2D eigenvalue weighted by molar-refractivity contribution is -0.122. The average molecular weight is 327 g/mol. The molecule has 0 fully saturated rings. The molecule has 24 heavy (non-hydrogen) atoms. The summed E-state index contributed by atoms with van der Waals surface area (Å²) >= 11 is 0. The molecule has 0 aliphatic carbocycles. The van der Waals surface area contributed by atoms with Gasteiger partial charge in [0.1, 0.15) is 5.75 Å². The minimum atomic E-state index is -0.642. The first-order valence-electron chi connectivity index (χ1n) is 7.81. The minimum Gasteiger partial charge on any atom is -0.481 e. The number of hydrogen-bond acceptors (Lipinski definition) is 4. The van der Waals surface area contributed by atoms with E-state index in [4.69, 9.17) is 9.47 Å². The predicted molar refractivity (Wildman–Crippen MR) is 92.3 cm³/mol. The zero-order valence-corrected chi connectivity index (χ0v) is 14.0. The molecule has 0 saturated heterocycles. The summed E-state index contributed by atoms with van der Waals surface area (Å²) in [6.45, 7) is 5.59. The van der Waals surface area contributed by atoms with Crippen LogP contribution in [0.5, 0.6) is 5.75 Å². The molecule has 0 bridgehead atoms. The quantitative estimate of drug-likeness (QED) is 0.824. The number of amides is 1. The number of nitrogens with one attached hydrogen (secondary N) is 1. The maximum atomic E-state index is 12.3. The molecular formula is C19H21NO4. The molecule has 2 aromatic rings. The van der Waals surface area contributed by atoms with Crippen molar-refractivity contribution >= 4 is 17.6 Å². The molecule has 0 aromatic heterocycles. The van der Waals surface area contributed by atoms with Crippen molar-refractivity contribution in [3.05, 3.63) is 59.7 Å². The van der Waals surface area contributed by atoms with Crippen LogP contribution in [0.4, 0.5) is 5.69 Å². The Morgan fingerprint density at radius 3 is 2.46 bits per heavy atom. The van der Waals surface area contributed by atoms with Gasteiger partial charge in [0.15, 0.2) is 6.10 Å². The molecule has 0 aliphatic heterocycles. The van der Waals surface area contributed by atoms with Crippen LogP contribution in [0.25, 0.3) is 0 Å². The van der Waals surface area contributed by atoms with Crippen molar-refractivity contribution in [2.24, 2.45) is 0 Å². The molecule has 0 heterocycles. The third-order valence-corrected chi connectivity index (χ3v) is 3.42. The van der Waals surface area contributed by atoms with Gasteiger partial charge in [0.05, 0.1) is 12.2 Å². The molecular weight excluding hydrogens is 306 g/mol. The lowest BCUT2D eigenvalue weighted by Crippen LogP contribution is -2.30. The number of esters is 1. The third-order valence-electron chi connectivity index (χ3n) is 3.42. The van der Waals surface area contributed by atoms with Gasteiger partial charge in [-0.1, -0.05) is 18.2 Å². The van der Waals surface area contributed by atoms with E-state index in [-0.39, 0.29) is 11.9 Å². The normalized spacial score (nSPS) is 11.5. The molecule has 0 saturated carbocycles. The van der Waals surface area contributed by atoms with Crippen molar-refractivity contribution in [1.29, 1.82) is 0 Å². The van der Waals surface area contributed by atoms with Gasteiger partial charge in [0.2, 0.25) is 0 Å². The van der Waals surface area contributed by atoms with E-state index in [1.54, 1.807) is 44.2 Å². The zero-order valence-electron chi connectivity index (χ0n) is 14.0. The lowest BCUT2D eigenvalue weighted by Gasteiger charge is -2.16. The van der Waals surface area contributed by atoms with Gasteiger partial charge in [0, 0.05) is 5.69 Å². The molecule has 5 nitrogen and oxygen atoms in total. The van der Waals surface area contributed by atoms with Gasteiger partial charge < -0.3 is 14.8 Å². The molecule has 1 amide bonds. The zero-order chi connectivity index (χ0) is 17.5. The second-order valence-corrected chi connectivity index (χ2v) is 5.31. The van der Waals surface area contributed by atoms with Crippen LogP contribution in [-0.4, -0.2) is 24.6 Å². The van der Waals surface area contributed by atoms with Crippen LogP contribution in [0.1, 0.15) is 29.8 Å². The van der Waals surface area contributed by atoms with Crippen molar-refractivity contribution in [2.45, 2.75) is 26.9 Å². The fraction of sp³-hybridized carbons (Fsp3) is 0.263. The van der Waals surface area contributed by atoms with Crippen molar-refractivity contribution in [3.63, 3.8) is 0 Å². The molecule has 1 atom stereocenters. The number of hydrogen-bond donors (Lipinski definition) is 1. The van der Waals surface area contributed by atoms with Gasteiger partial charge in [-0.2, -0.15) is 0 Å². The second kappa shape index (κ2) is 8.15. The number of rotatable bonds is 6. The Morgan fingerprint density at radius 1 is 1.12 bits per heavy atom. The molecule has 0 radical (unpaired) electrons. The van der Waals surface area contributed by atoms with Gasteiger partial charge in [-0.05, 0) is 56.7 Å². The number of para-hydroxylation sites is 1. The molecule has 1 N–H and O–H groups in total. The highest BCUT2D eigenvalue weighted by Gasteiger charge is 2.16. The summed E-state index contributed by atoms with van der Waals surface area (Å²) in [5, 5.41) is 2.81. The van der Waals surface area contributed by atoms with Gasteiger partial charge >= 0.3 is 5.97 Å². The molecule has 0 aliphatic rings. The number of carbonyl (C=O) groups excluding carboxylic acids is 2. The van der Waals surface area contributed by atoms with Crippen molar-refractivity contribution in [1.82, 2.24) is 0 Å². The van der Waals surface area contributed by atoms with Crippen molar-refractivity contribution in [2.75, 3.05) is 11.9 Å². The summed E-state index contributed by atoms with van der Waals surface area (Å²) in [6.07, 6.45) is -0.642. The van der Waals surface area contributed by atoms with Crippen molar-refractivity contribution in [3.8, 4) is 5.75 Å². The Hall–Kier alpha value is -2.82. The first-order chi connectivity index (χ1) is 11.5. The van der Waals surface area contributed by atoms with Gasteiger partial charge in [-0.3, -0.25) is 4.79 Å². The van der Waals surface area contributed by atoms with E-state index < -0.39 is 6.10 Å². The Morgan fingerprint density at radius 2 is 1.83 bits per heavy atom. The highest BCUT2D eigenvalue weighted by molar-refractivity contribution is 5.96. The SMILES string of the molecule is CCOC(=O)c1ccc(NC(=O)[C@H](C)Oc2ccccc2)c(C)c1. The summed E-state index contributed by atoms with van der Waals surface area (Å²) in [4.78, 5) is 24.0. The Kier molecular flexibility index (Phi) is 5.95. The highest BCUT2D eigenvalue weighted by Crippen LogP contribution is 2.18. The molecule has 5 heteroatoms. The van der Waals surface area contributed by atoms with E-state index in [0.29, 0.717) is 23.6 Å². The predicted octanol–water partition coefficient (Wildman–Crippen LogP) is 3.58. The number of benzene rings is 2. The number of aryl methyl sites for hydroxylation is 1. The van der Waals surface area contributed by atoms with Crippen LogP contribution in [-0.2, 0) is 9.53 Å². The fourth-order valence-corrected chi connectivity index (χ4v) is 2.14. The second-order valence-electron chi connectivity index (χ2n) is 5.31. The van der Waals surface area contributed by atoms with E-state index in [9.17, 15) is 9.59 Å². The molecule has 126 valence electrons. The molecule has 2 rings (SSSR count). The number of anilines is 1. The van der Waals surface area contributed by atoms with Gasteiger partial charge in [-0.25, -0.2) is 4.79 Å².